The number of hydrogen-bond donors (Lipinski definition) is 2. The molecule has 2 N–H and O–H groups in total. The highest BCUT2D eigenvalue weighted by Gasteiger charge is 2.42. The molecule has 2 aromatic carbocycles. The second-order valence-corrected chi connectivity index (χ2v) is 8.17. The lowest BCUT2D eigenvalue weighted by Crippen LogP contribution is -2.29. The third-order valence-electron chi connectivity index (χ3n) is 5.76. The van der Waals surface area contributed by atoms with Crippen molar-refractivity contribution >= 4 is 29.0 Å². The molecule has 0 unspecified atom stereocenters. The smallest absolute Gasteiger partial charge is 0.335 e. The summed E-state index contributed by atoms with van der Waals surface area (Å²) in [6, 6.07) is 23.3. The van der Waals surface area contributed by atoms with Gasteiger partial charge < -0.3 is 24.5 Å². The Bertz CT molecular complexity index is 1340. The van der Waals surface area contributed by atoms with Gasteiger partial charge in [-0.2, -0.15) is 0 Å². The van der Waals surface area contributed by atoms with Gasteiger partial charge in [-0.1, -0.05) is 24.3 Å². The van der Waals surface area contributed by atoms with Gasteiger partial charge in [0.25, 0.3) is 0 Å². The Morgan fingerprint density at radius 3 is 2.62 bits per heavy atom. The zero-order valence-electron chi connectivity index (χ0n) is 18.2. The van der Waals surface area contributed by atoms with Crippen molar-refractivity contribution in [2.75, 3.05) is 12.0 Å². The largest absolute Gasteiger partial charge is 0.497 e. The molecule has 34 heavy (non-hydrogen) atoms. The number of furan rings is 1. The van der Waals surface area contributed by atoms with Gasteiger partial charge in [-0.25, -0.2) is 4.79 Å². The van der Waals surface area contributed by atoms with Crippen molar-refractivity contribution in [3.8, 4) is 17.1 Å². The molecule has 1 aliphatic heterocycles. The van der Waals surface area contributed by atoms with Gasteiger partial charge in [0, 0.05) is 23.5 Å². The Hall–Kier alpha value is -4.17. The molecule has 0 aliphatic carbocycles. The summed E-state index contributed by atoms with van der Waals surface area (Å²) in [5, 5.41) is 13.1. The van der Waals surface area contributed by atoms with E-state index in [1.165, 1.54) is 0 Å². The topological polar surface area (TPSA) is 87.8 Å². The number of carboxylic acid groups (broad SMARTS) is 1. The molecular formula is C26H21N3O4S. The van der Waals surface area contributed by atoms with Crippen molar-refractivity contribution in [2.45, 2.75) is 12.1 Å². The number of rotatable bonds is 6. The quantitative estimate of drug-likeness (QED) is 0.370. The van der Waals surface area contributed by atoms with Crippen LogP contribution in [0.25, 0.3) is 11.3 Å². The van der Waals surface area contributed by atoms with Crippen molar-refractivity contribution in [2.24, 2.45) is 0 Å². The number of carbonyl (C=O) groups is 1. The monoisotopic (exact) mass is 471 g/mol. The summed E-state index contributed by atoms with van der Waals surface area (Å²) in [4.78, 5) is 17.7. The summed E-state index contributed by atoms with van der Waals surface area (Å²) in [6.45, 7) is 0. The number of aromatic nitrogens is 1. The van der Waals surface area contributed by atoms with E-state index in [9.17, 15) is 4.79 Å². The number of methoxy groups -OCH3 is 1. The lowest BCUT2D eigenvalue weighted by atomic mass is 10.0. The first-order valence-corrected chi connectivity index (χ1v) is 11.0. The second-order valence-electron chi connectivity index (χ2n) is 7.78. The number of ether oxygens (including phenoxy) is 1. The van der Waals surface area contributed by atoms with Crippen LogP contribution in [0.15, 0.2) is 89.5 Å². The molecule has 5 rings (SSSR count). The van der Waals surface area contributed by atoms with Gasteiger partial charge in [0.15, 0.2) is 5.11 Å². The maximum Gasteiger partial charge on any atom is 0.335 e. The lowest BCUT2D eigenvalue weighted by Gasteiger charge is -2.26. The molecule has 7 nitrogen and oxygen atoms in total. The van der Waals surface area contributed by atoms with E-state index in [4.69, 9.17) is 26.5 Å². The molecular weight excluding hydrogens is 450 g/mol. The Morgan fingerprint density at radius 2 is 1.91 bits per heavy atom. The molecule has 1 fully saturated rings. The van der Waals surface area contributed by atoms with Crippen LogP contribution in [0.4, 0.5) is 5.69 Å². The number of anilines is 1. The van der Waals surface area contributed by atoms with Gasteiger partial charge in [-0.3, -0.25) is 4.98 Å². The molecule has 4 aromatic rings. The van der Waals surface area contributed by atoms with Gasteiger partial charge >= 0.3 is 5.97 Å². The number of benzene rings is 2. The summed E-state index contributed by atoms with van der Waals surface area (Å²) in [5.74, 6) is 1.08. The van der Waals surface area contributed by atoms with Crippen LogP contribution >= 0.6 is 12.2 Å². The first-order chi connectivity index (χ1) is 16.5. The van der Waals surface area contributed by atoms with Crippen LogP contribution in [0.1, 0.15) is 33.9 Å². The van der Waals surface area contributed by atoms with Gasteiger partial charge in [-0.05, 0) is 60.7 Å². The molecule has 0 bridgehead atoms. The minimum absolute atomic E-state index is 0.222. The van der Waals surface area contributed by atoms with Crippen molar-refractivity contribution in [3.63, 3.8) is 0 Å². The number of thiocarbonyl (C=S) groups is 1. The number of pyridine rings is 1. The molecule has 2 atom stereocenters. The van der Waals surface area contributed by atoms with Crippen molar-refractivity contribution < 1.29 is 19.1 Å². The number of carboxylic acids is 1. The molecule has 1 aliphatic rings. The van der Waals surface area contributed by atoms with Crippen LogP contribution in [-0.2, 0) is 0 Å². The maximum atomic E-state index is 11.2. The molecule has 170 valence electrons. The Balaban J connectivity index is 1.57. The summed E-state index contributed by atoms with van der Waals surface area (Å²) >= 11 is 5.74. The fourth-order valence-electron chi connectivity index (χ4n) is 4.13. The number of hydrogen-bond acceptors (Lipinski definition) is 5. The van der Waals surface area contributed by atoms with Gasteiger partial charge in [0.2, 0.25) is 0 Å². The molecule has 0 amide bonds. The van der Waals surface area contributed by atoms with Crippen LogP contribution in [0, 0.1) is 0 Å². The average molecular weight is 472 g/mol. The molecule has 0 spiro atoms. The van der Waals surface area contributed by atoms with E-state index in [0.717, 1.165) is 22.7 Å². The molecule has 3 heterocycles. The molecule has 0 radical (unpaired) electrons. The maximum absolute atomic E-state index is 11.2. The molecule has 2 aromatic heterocycles. The highest BCUT2D eigenvalue weighted by molar-refractivity contribution is 7.80. The summed E-state index contributed by atoms with van der Waals surface area (Å²) in [5.41, 5.74) is 2.71. The van der Waals surface area contributed by atoms with Crippen LogP contribution < -0.4 is 15.0 Å². The van der Waals surface area contributed by atoms with Crippen LogP contribution in [0.2, 0.25) is 0 Å². The fraction of sp³-hybridized carbons (Fsp3) is 0.115. The Morgan fingerprint density at radius 1 is 1.09 bits per heavy atom. The van der Waals surface area contributed by atoms with E-state index in [2.05, 4.69) is 10.3 Å². The number of nitrogens with one attached hydrogen (secondary N) is 1. The molecule has 1 saturated heterocycles. The predicted molar refractivity (Wildman–Crippen MR) is 132 cm³/mol. The zero-order chi connectivity index (χ0) is 23.7. The van der Waals surface area contributed by atoms with Crippen LogP contribution in [0.3, 0.4) is 0 Å². The second kappa shape index (κ2) is 8.99. The number of nitrogens with zero attached hydrogens (tertiary/aromatic N) is 2. The van der Waals surface area contributed by atoms with Gasteiger partial charge in [0.05, 0.1) is 24.4 Å². The third kappa shape index (κ3) is 3.99. The summed E-state index contributed by atoms with van der Waals surface area (Å²) in [6.07, 6.45) is 1.75. The average Bonchev–Trinajstić information content (AvgIpc) is 3.49. The van der Waals surface area contributed by atoms with Crippen LogP contribution in [0.5, 0.6) is 5.75 Å². The van der Waals surface area contributed by atoms with E-state index >= 15 is 0 Å². The predicted octanol–water partition coefficient (Wildman–Crippen LogP) is 5.23. The first-order valence-electron chi connectivity index (χ1n) is 10.6. The van der Waals surface area contributed by atoms with Gasteiger partial charge in [0.1, 0.15) is 23.3 Å². The standard InChI is InChI=1S/C26H21N3O4S/c1-32-19-6-4-5-18(15-19)29-24(23(28-26(29)34)20-7-2-3-14-27-20)22-13-12-21(33-22)16-8-10-17(11-9-16)25(30)31/h2-15,23-24H,1H3,(H,28,34)(H,30,31)/t23-,24+/m1/s1. The lowest BCUT2D eigenvalue weighted by molar-refractivity contribution is 0.0697. The van der Waals surface area contributed by atoms with E-state index in [-0.39, 0.29) is 17.6 Å². The SMILES string of the molecule is COc1cccc(N2C(=S)N[C@H](c3ccccn3)[C@@H]2c2ccc(-c3ccc(C(=O)O)cc3)o2)c1. The van der Waals surface area contributed by atoms with Crippen molar-refractivity contribution in [1.29, 1.82) is 0 Å². The van der Waals surface area contributed by atoms with E-state index < -0.39 is 5.97 Å². The Kier molecular flexibility index (Phi) is 5.73. The Labute approximate surface area is 201 Å². The zero-order valence-corrected chi connectivity index (χ0v) is 19.0. The summed E-state index contributed by atoms with van der Waals surface area (Å²) < 4.78 is 11.7. The fourth-order valence-corrected chi connectivity index (χ4v) is 4.47. The van der Waals surface area contributed by atoms with Crippen molar-refractivity contribution in [1.82, 2.24) is 10.3 Å². The third-order valence-corrected chi connectivity index (χ3v) is 6.08. The minimum atomic E-state index is -0.968. The van der Waals surface area contributed by atoms with E-state index in [1.807, 2.05) is 59.5 Å². The minimum Gasteiger partial charge on any atom is -0.497 e. The van der Waals surface area contributed by atoms with E-state index in [1.54, 1.807) is 37.6 Å². The van der Waals surface area contributed by atoms with Crippen molar-refractivity contribution in [3.05, 3.63) is 102 Å². The highest BCUT2D eigenvalue weighted by atomic mass is 32.1. The summed E-state index contributed by atoms with van der Waals surface area (Å²) in [7, 11) is 1.63. The van der Waals surface area contributed by atoms with Crippen LogP contribution in [-0.4, -0.2) is 28.3 Å². The highest BCUT2D eigenvalue weighted by Crippen LogP contribution is 2.43. The first kappa shape index (κ1) is 21.7. The van der Waals surface area contributed by atoms with E-state index in [0.29, 0.717) is 16.6 Å². The molecule has 0 saturated carbocycles. The molecule has 8 heteroatoms. The normalized spacial score (nSPS) is 17.4. The number of aromatic carboxylic acids is 1. The van der Waals surface area contributed by atoms with Gasteiger partial charge in [-0.15, -0.1) is 0 Å².